The van der Waals surface area contributed by atoms with Gasteiger partial charge in [-0.25, -0.2) is 9.59 Å². The van der Waals surface area contributed by atoms with Gasteiger partial charge in [-0.15, -0.1) is 0 Å². The summed E-state index contributed by atoms with van der Waals surface area (Å²) in [6.07, 6.45) is 0.696. The molecular weight excluding hydrogens is 252 g/mol. The molecule has 0 aromatic carbocycles. The third kappa shape index (κ3) is 4.37. The molecule has 3 N–H and O–H groups in total. The van der Waals surface area contributed by atoms with E-state index in [1.165, 1.54) is 0 Å². The maximum absolute atomic E-state index is 11.6. The molecule has 0 spiro atoms. The summed E-state index contributed by atoms with van der Waals surface area (Å²) >= 11 is 1.55. The maximum Gasteiger partial charge on any atom is 0.326 e. The van der Waals surface area contributed by atoms with Crippen LogP contribution in [-0.4, -0.2) is 23.1 Å². The molecule has 0 aliphatic carbocycles. The minimum Gasteiger partial charge on any atom is -0.480 e. The second kappa shape index (κ2) is 7.00. The highest BCUT2D eigenvalue weighted by Crippen LogP contribution is 2.08. The van der Waals surface area contributed by atoms with Gasteiger partial charge in [0.05, 0.1) is 0 Å². The van der Waals surface area contributed by atoms with Gasteiger partial charge in [-0.1, -0.05) is 20.3 Å². The molecule has 0 aliphatic rings. The van der Waals surface area contributed by atoms with Gasteiger partial charge in [0.25, 0.3) is 0 Å². The van der Waals surface area contributed by atoms with Crippen LogP contribution in [0.5, 0.6) is 0 Å². The van der Waals surface area contributed by atoms with E-state index >= 15 is 0 Å². The molecule has 6 heteroatoms. The predicted molar refractivity (Wildman–Crippen MR) is 70.6 cm³/mol. The lowest BCUT2D eigenvalue weighted by Crippen LogP contribution is -2.48. The second-order valence-electron chi connectivity index (χ2n) is 4.16. The summed E-state index contributed by atoms with van der Waals surface area (Å²) in [5, 5.41) is 18.0. The van der Waals surface area contributed by atoms with Crippen LogP contribution in [0.4, 0.5) is 4.79 Å². The van der Waals surface area contributed by atoms with Crippen molar-refractivity contribution in [1.82, 2.24) is 10.6 Å². The van der Waals surface area contributed by atoms with Crippen LogP contribution in [0.1, 0.15) is 25.8 Å². The van der Waals surface area contributed by atoms with E-state index in [9.17, 15) is 9.59 Å². The summed E-state index contributed by atoms with van der Waals surface area (Å²) in [6.45, 7) is 4.10. The Morgan fingerprint density at radius 1 is 1.50 bits per heavy atom. The number of hydrogen-bond acceptors (Lipinski definition) is 3. The molecule has 0 radical (unpaired) electrons. The van der Waals surface area contributed by atoms with Crippen LogP contribution in [0.25, 0.3) is 0 Å². The Labute approximate surface area is 110 Å². The number of hydrogen-bond donors (Lipinski definition) is 3. The van der Waals surface area contributed by atoms with Crippen molar-refractivity contribution >= 4 is 23.3 Å². The van der Waals surface area contributed by atoms with E-state index in [-0.39, 0.29) is 5.92 Å². The van der Waals surface area contributed by atoms with Gasteiger partial charge in [0.15, 0.2) is 0 Å². The molecule has 100 valence electrons. The molecule has 0 bridgehead atoms. The summed E-state index contributed by atoms with van der Waals surface area (Å²) in [5.74, 6) is -1.11. The first-order chi connectivity index (χ1) is 8.54. The lowest BCUT2D eigenvalue weighted by Gasteiger charge is -2.20. The number of thiophene rings is 1. The third-order valence-corrected chi connectivity index (χ3v) is 3.53. The number of carbonyl (C=O) groups is 2. The highest BCUT2D eigenvalue weighted by molar-refractivity contribution is 7.07. The van der Waals surface area contributed by atoms with Gasteiger partial charge in [-0.05, 0) is 28.3 Å². The van der Waals surface area contributed by atoms with Crippen LogP contribution in [0.2, 0.25) is 0 Å². The SMILES string of the molecule is CC[C@H](C)[C@H](NC(=O)NCc1ccsc1)C(=O)O. The lowest BCUT2D eigenvalue weighted by atomic mass is 9.99. The molecule has 1 aromatic heterocycles. The molecular formula is C12H18N2O3S. The van der Waals surface area contributed by atoms with Crippen molar-refractivity contribution in [2.24, 2.45) is 5.92 Å². The molecule has 0 saturated carbocycles. The number of carboxylic acids is 1. The average molecular weight is 270 g/mol. The van der Waals surface area contributed by atoms with Gasteiger partial charge in [-0.3, -0.25) is 0 Å². The van der Waals surface area contributed by atoms with Gasteiger partial charge < -0.3 is 15.7 Å². The van der Waals surface area contributed by atoms with E-state index in [2.05, 4.69) is 10.6 Å². The van der Waals surface area contributed by atoms with Crippen LogP contribution in [-0.2, 0) is 11.3 Å². The minimum atomic E-state index is -1.00. The summed E-state index contributed by atoms with van der Waals surface area (Å²) in [4.78, 5) is 22.6. The van der Waals surface area contributed by atoms with Gasteiger partial charge in [0, 0.05) is 6.54 Å². The van der Waals surface area contributed by atoms with Crippen molar-refractivity contribution in [3.8, 4) is 0 Å². The van der Waals surface area contributed by atoms with Gasteiger partial charge in [0.2, 0.25) is 0 Å². The van der Waals surface area contributed by atoms with Crippen LogP contribution in [0, 0.1) is 5.92 Å². The minimum absolute atomic E-state index is 0.102. The molecule has 18 heavy (non-hydrogen) atoms. The normalized spacial score (nSPS) is 13.7. The maximum atomic E-state index is 11.6. The largest absolute Gasteiger partial charge is 0.480 e. The van der Waals surface area contributed by atoms with E-state index < -0.39 is 18.0 Å². The fraction of sp³-hybridized carbons (Fsp3) is 0.500. The van der Waals surface area contributed by atoms with Crippen molar-refractivity contribution in [2.45, 2.75) is 32.9 Å². The Morgan fingerprint density at radius 2 is 2.22 bits per heavy atom. The van der Waals surface area contributed by atoms with Crippen LogP contribution in [0.15, 0.2) is 16.8 Å². The van der Waals surface area contributed by atoms with Gasteiger partial charge in [0.1, 0.15) is 6.04 Å². The monoisotopic (exact) mass is 270 g/mol. The standard InChI is InChI=1S/C12H18N2O3S/c1-3-8(2)10(11(15)16)14-12(17)13-6-9-4-5-18-7-9/h4-5,7-8,10H,3,6H2,1-2H3,(H,15,16)(H2,13,14,17)/t8-,10-/m0/s1. The zero-order valence-electron chi connectivity index (χ0n) is 10.5. The Kier molecular flexibility index (Phi) is 5.64. The number of nitrogens with one attached hydrogen (secondary N) is 2. The molecule has 0 unspecified atom stereocenters. The second-order valence-corrected chi connectivity index (χ2v) is 4.94. The summed E-state index contributed by atoms with van der Waals surface area (Å²) < 4.78 is 0. The van der Waals surface area contributed by atoms with Gasteiger partial charge >= 0.3 is 12.0 Å². The van der Waals surface area contributed by atoms with Crippen molar-refractivity contribution in [1.29, 1.82) is 0 Å². The van der Waals surface area contributed by atoms with Gasteiger partial charge in [-0.2, -0.15) is 11.3 Å². The fourth-order valence-electron chi connectivity index (χ4n) is 1.45. The lowest BCUT2D eigenvalue weighted by molar-refractivity contribution is -0.140. The highest BCUT2D eigenvalue weighted by atomic mass is 32.1. The summed E-state index contributed by atoms with van der Waals surface area (Å²) in [6, 6.07) is 0.611. The molecule has 1 heterocycles. The van der Waals surface area contributed by atoms with E-state index in [4.69, 9.17) is 5.11 Å². The first-order valence-electron chi connectivity index (χ1n) is 5.82. The number of aliphatic carboxylic acids is 1. The van der Waals surface area contributed by atoms with E-state index in [0.717, 1.165) is 5.56 Å². The molecule has 0 aliphatic heterocycles. The van der Waals surface area contributed by atoms with Crippen molar-refractivity contribution in [2.75, 3.05) is 0 Å². The molecule has 5 nitrogen and oxygen atoms in total. The van der Waals surface area contributed by atoms with Crippen molar-refractivity contribution in [3.63, 3.8) is 0 Å². The first-order valence-corrected chi connectivity index (χ1v) is 6.77. The number of rotatable bonds is 6. The molecule has 2 atom stereocenters. The highest BCUT2D eigenvalue weighted by Gasteiger charge is 2.24. The van der Waals surface area contributed by atoms with Crippen molar-refractivity contribution in [3.05, 3.63) is 22.4 Å². The number of carboxylic acid groups (broad SMARTS) is 1. The Balaban J connectivity index is 2.44. The van der Waals surface area contributed by atoms with Crippen LogP contribution in [0.3, 0.4) is 0 Å². The zero-order chi connectivity index (χ0) is 13.5. The first kappa shape index (κ1) is 14.5. The Bertz CT molecular complexity index is 392. The average Bonchev–Trinajstić information content (AvgIpc) is 2.85. The Hall–Kier alpha value is -1.56. The summed E-state index contributed by atoms with van der Waals surface area (Å²) in [5.41, 5.74) is 1.01. The Morgan fingerprint density at radius 3 is 2.72 bits per heavy atom. The molecule has 2 amide bonds. The summed E-state index contributed by atoms with van der Waals surface area (Å²) in [7, 11) is 0. The zero-order valence-corrected chi connectivity index (χ0v) is 11.3. The number of carbonyl (C=O) groups excluding carboxylic acids is 1. The van der Waals surface area contributed by atoms with Crippen LogP contribution < -0.4 is 10.6 Å². The smallest absolute Gasteiger partial charge is 0.326 e. The third-order valence-electron chi connectivity index (χ3n) is 2.80. The molecule has 1 rings (SSSR count). The topological polar surface area (TPSA) is 78.4 Å². The van der Waals surface area contributed by atoms with E-state index in [0.29, 0.717) is 13.0 Å². The quantitative estimate of drug-likeness (QED) is 0.740. The molecule has 1 aromatic rings. The van der Waals surface area contributed by atoms with Crippen molar-refractivity contribution < 1.29 is 14.7 Å². The number of amides is 2. The predicted octanol–water partition coefficient (Wildman–Crippen LogP) is 2.05. The molecule has 0 fully saturated rings. The van der Waals surface area contributed by atoms with E-state index in [1.807, 2.05) is 23.8 Å². The fourth-order valence-corrected chi connectivity index (χ4v) is 2.12. The van der Waals surface area contributed by atoms with Crippen LogP contribution >= 0.6 is 11.3 Å². The van der Waals surface area contributed by atoms with E-state index in [1.54, 1.807) is 18.3 Å². The number of urea groups is 1. The molecule has 0 saturated heterocycles.